The monoisotopic (exact) mass is 235 g/mol. The molecular weight excluding hydrogens is 210 g/mol. The minimum Gasteiger partial charge on any atom is -0.489 e. The Kier molecular flexibility index (Phi) is 5.49. The summed E-state index contributed by atoms with van der Waals surface area (Å²) in [6.07, 6.45) is 0.224. The maximum Gasteiger partial charge on any atom is 0.120 e. The van der Waals surface area contributed by atoms with Gasteiger partial charge >= 0.3 is 0 Å². The van der Waals surface area contributed by atoms with E-state index in [9.17, 15) is 0 Å². The molecule has 96 valence electrons. The van der Waals surface area contributed by atoms with Crippen LogP contribution in [0.3, 0.4) is 0 Å². The zero-order valence-electron chi connectivity index (χ0n) is 11.7. The van der Waals surface area contributed by atoms with E-state index in [0.717, 1.165) is 12.3 Å². The summed E-state index contributed by atoms with van der Waals surface area (Å²) in [5.74, 6) is 2.02. The molecule has 1 N–H and O–H groups in total. The standard InChI is InChI=1S/C15H25NO/c1-11(2)13-7-6-8-14(9-13)17-15(10-16-5)12(3)4/h6-9,11-12,15-16H,10H2,1-5H3. The molecule has 0 aliphatic carbocycles. The van der Waals surface area contributed by atoms with Gasteiger partial charge in [0.05, 0.1) is 0 Å². The lowest BCUT2D eigenvalue weighted by molar-refractivity contribution is 0.151. The molecule has 1 rings (SSSR count). The molecule has 1 atom stereocenters. The number of ether oxygens (including phenoxy) is 1. The van der Waals surface area contributed by atoms with Gasteiger partial charge in [-0.2, -0.15) is 0 Å². The molecule has 17 heavy (non-hydrogen) atoms. The topological polar surface area (TPSA) is 21.3 Å². The highest BCUT2D eigenvalue weighted by Crippen LogP contribution is 2.22. The van der Waals surface area contributed by atoms with E-state index in [4.69, 9.17) is 4.74 Å². The molecule has 1 aromatic rings. The van der Waals surface area contributed by atoms with Crippen molar-refractivity contribution in [2.24, 2.45) is 5.92 Å². The van der Waals surface area contributed by atoms with E-state index in [0.29, 0.717) is 11.8 Å². The Morgan fingerprint density at radius 1 is 1.18 bits per heavy atom. The van der Waals surface area contributed by atoms with E-state index in [1.165, 1.54) is 5.56 Å². The molecule has 0 saturated carbocycles. The molecule has 1 unspecified atom stereocenters. The SMILES string of the molecule is CNCC(Oc1cccc(C(C)C)c1)C(C)C. The number of hydrogen-bond acceptors (Lipinski definition) is 2. The van der Waals surface area contributed by atoms with Gasteiger partial charge in [0.15, 0.2) is 0 Å². The zero-order valence-corrected chi connectivity index (χ0v) is 11.7. The van der Waals surface area contributed by atoms with Crippen molar-refractivity contribution >= 4 is 0 Å². The molecule has 0 aliphatic heterocycles. The van der Waals surface area contributed by atoms with Crippen LogP contribution in [0.15, 0.2) is 24.3 Å². The zero-order chi connectivity index (χ0) is 12.8. The summed E-state index contributed by atoms with van der Waals surface area (Å²) in [7, 11) is 1.96. The second-order valence-electron chi connectivity index (χ2n) is 5.19. The molecule has 0 heterocycles. The number of nitrogens with one attached hydrogen (secondary N) is 1. The molecule has 1 aromatic carbocycles. The molecule has 0 aromatic heterocycles. The van der Waals surface area contributed by atoms with Crippen molar-refractivity contribution in [3.63, 3.8) is 0 Å². The first-order valence-electron chi connectivity index (χ1n) is 6.45. The summed E-state index contributed by atoms with van der Waals surface area (Å²) in [6.45, 7) is 9.66. The van der Waals surface area contributed by atoms with E-state index in [2.05, 4.69) is 51.2 Å². The van der Waals surface area contributed by atoms with Crippen molar-refractivity contribution < 1.29 is 4.74 Å². The van der Waals surface area contributed by atoms with Crippen LogP contribution >= 0.6 is 0 Å². The lowest BCUT2D eigenvalue weighted by Gasteiger charge is -2.23. The van der Waals surface area contributed by atoms with Gasteiger partial charge < -0.3 is 10.1 Å². The van der Waals surface area contributed by atoms with E-state index in [-0.39, 0.29) is 6.10 Å². The van der Waals surface area contributed by atoms with Gasteiger partial charge in [-0.15, -0.1) is 0 Å². The van der Waals surface area contributed by atoms with Crippen LogP contribution in [0.2, 0.25) is 0 Å². The van der Waals surface area contributed by atoms with E-state index in [1.54, 1.807) is 0 Å². The number of rotatable bonds is 6. The summed E-state index contributed by atoms with van der Waals surface area (Å²) in [6, 6.07) is 8.41. The van der Waals surface area contributed by atoms with Crippen molar-refractivity contribution in [2.75, 3.05) is 13.6 Å². The maximum absolute atomic E-state index is 6.04. The molecule has 0 bridgehead atoms. The largest absolute Gasteiger partial charge is 0.489 e. The highest BCUT2D eigenvalue weighted by Gasteiger charge is 2.14. The van der Waals surface area contributed by atoms with Crippen LogP contribution in [-0.4, -0.2) is 19.7 Å². The second-order valence-corrected chi connectivity index (χ2v) is 5.19. The van der Waals surface area contributed by atoms with Crippen molar-refractivity contribution in [3.05, 3.63) is 29.8 Å². The molecule has 0 spiro atoms. The van der Waals surface area contributed by atoms with E-state index >= 15 is 0 Å². The fourth-order valence-electron chi connectivity index (χ4n) is 1.74. The summed E-state index contributed by atoms with van der Waals surface area (Å²) in [5.41, 5.74) is 1.33. The fraction of sp³-hybridized carbons (Fsp3) is 0.600. The Morgan fingerprint density at radius 2 is 1.88 bits per heavy atom. The van der Waals surface area contributed by atoms with E-state index < -0.39 is 0 Å². The normalized spacial score (nSPS) is 13.1. The fourth-order valence-corrected chi connectivity index (χ4v) is 1.74. The summed E-state index contributed by atoms with van der Waals surface area (Å²) < 4.78 is 6.04. The van der Waals surface area contributed by atoms with Crippen molar-refractivity contribution in [3.8, 4) is 5.75 Å². The molecule has 0 fully saturated rings. The molecule has 0 radical (unpaired) electrons. The Balaban J connectivity index is 2.75. The lowest BCUT2D eigenvalue weighted by Crippen LogP contribution is -2.33. The van der Waals surface area contributed by atoms with Crippen LogP contribution in [0, 0.1) is 5.92 Å². The minimum atomic E-state index is 0.224. The van der Waals surface area contributed by atoms with Gasteiger partial charge in [-0.25, -0.2) is 0 Å². The first kappa shape index (κ1) is 14.0. The smallest absolute Gasteiger partial charge is 0.120 e. The van der Waals surface area contributed by atoms with Crippen LogP contribution in [0.1, 0.15) is 39.2 Å². The van der Waals surface area contributed by atoms with Crippen molar-refractivity contribution in [1.29, 1.82) is 0 Å². The third kappa shape index (κ3) is 4.39. The minimum absolute atomic E-state index is 0.224. The van der Waals surface area contributed by atoms with Crippen molar-refractivity contribution in [1.82, 2.24) is 5.32 Å². The number of likely N-dealkylation sites (N-methyl/N-ethyl adjacent to an activating group) is 1. The van der Waals surface area contributed by atoms with Crippen LogP contribution in [0.5, 0.6) is 5.75 Å². The Morgan fingerprint density at radius 3 is 2.41 bits per heavy atom. The van der Waals surface area contributed by atoms with Gasteiger partial charge in [0, 0.05) is 6.54 Å². The molecule has 0 aliphatic rings. The van der Waals surface area contributed by atoms with Crippen LogP contribution < -0.4 is 10.1 Å². The average molecular weight is 235 g/mol. The van der Waals surface area contributed by atoms with Gasteiger partial charge in [-0.1, -0.05) is 39.8 Å². The Bertz CT molecular complexity index is 333. The quantitative estimate of drug-likeness (QED) is 0.815. The molecular formula is C15H25NO. The predicted molar refractivity (Wildman–Crippen MR) is 73.7 cm³/mol. The third-order valence-corrected chi connectivity index (χ3v) is 2.96. The number of hydrogen-bond donors (Lipinski definition) is 1. The molecule has 0 amide bonds. The van der Waals surface area contributed by atoms with Gasteiger partial charge in [-0.05, 0) is 36.6 Å². The highest BCUT2D eigenvalue weighted by atomic mass is 16.5. The van der Waals surface area contributed by atoms with Crippen LogP contribution in [0.4, 0.5) is 0 Å². The van der Waals surface area contributed by atoms with Gasteiger partial charge in [0.2, 0.25) is 0 Å². The first-order valence-corrected chi connectivity index (χ1v) is 6.45. The summed E-state index contributed by atoms with van der Waals surface area (Å²) in [5, 5.41) is 3.18. The van der Waals surface area contributed by atoms with Crippen LogP contribution in [0.25, 0.3) is 0 Å². The van der Waals surface area contributed by atoms with Crippen LogP contribution in [-0.2, 0) is 0 Å². The number of benzene rings is 1. The predicted octanol–water partition coefficient (Wildman–Crippen LogP) is 3.43. The van der Waals surface area contributed by atoms with Crippen molar-refractivity contribution in [2.45, 2.75) is 39.7 Å². The average Bonchev–Trinajstić information content (AvgIpc) is 2.28. The van der Waals surface area contributed by atoms with E-state index in [1.807, 2.05) is 13.1 Å². The van der Waals surface area contributed by atoms with Gasteiger partial charge in [-0.3, -0.25) is 0 Å². The highest BCUT2D eigenvalue weighted by molar-refractivity contribution is 5.30. The Labute approximate surface area is 105 Å². The molecule has 2 nitrogen and oxygen atoms in total. The first-order chi connectivity index (χ1) is 8.04. The van der Waals surface area contributed by atoms with Gasteiger partial charge in [0.1, 0.15) is 11.9 Å². The molecule has 2 heteroatoms. The maximum atomic E-state index is 6.04. The van der Waals surface area contributed by atoms with Gasteiger partial charge in [0.25, 0.3) is 0 Å². The lowest BCUT2D eigenvalue weighted by atomic mass is 10.0. The third-order valence-electron chi connectivity index (χ3n) is 2.96. The summed E-state index contributed by atoms with van der Waals surface area (Å²) in [4.78, 5) is 0. The Hall–Kier alpha value is -1.02. The second kappa shape index (κ2) is 6.65. The summed E-state index contributed by atoms with van der Waals surface area (Å²) >= 11 is 0. The molecule has 0 saturated heterocycles.